The predicted molar refractivity (Wildman–Crippen MR) is 133 cm³/mol. The number of ether oxygens (including phenoxy) is 1. The SMILES string of the molecule is COCCn1c(N)c(N(Cc2ccccc2)C(=O)CCNC(=O)Nc2ccccc2)c(=O)[nH]c1=O. The Morgan fingerprint density at radius 1 is 1.06 bits per heavy atom. The van der Waals surface area contributed by atoms with E-state index in [1.807, 2.05) is 12.1 Å². The fourth-order valence-corrected chi connectivity index (χ4v) is 3.42. The first-order valence-corrected chi connectivity index (χ1v) is 11.0. The monoisotopic (exact) mass is 480 g/mol. The number of benzene rings is 2. The van der Waals surface area contributed by atoms with Gasteiger partial charge in [-0.25, -0.2) is 9.59 Å². The Morgan fingerprint density at radius 2 is 1.71 bits per heavy atom. The first-order chi connectivity index (χ1) is 16.9. The highest BCUT2D eigenvalue weighted by atomic mass is 16.5. The van der Waals surface area contributed by atoms with E-state index in [9.17, 15) is 19.2 Å². The molecule has 3 aromatic rings. The molecule has 3 rings (SSSR count). The minimum Gasteiger partial charge on any atom is -0.383 e. The maximum atomic E-state index is 13.2. The van der Waals surface area contributed by atoms with Gasteiger partial charge in [0.25, 0.3) is 5.56 Å². The quantitative estimate of drug-likeness (QED) is 0.345. The number of amides is 3. The van der Waals surface area contributed by atoms with Crippen molar-refractivity contribution in [3.8, 4) is 0 Å². The van der Waals surface area contributed by atoms with Crippen LogP contribution in [0.25, 0.3) is 0 Å². The Morgan fingerprint density at radius 3 is 2.37 bits per heavy atom. The smallest absolute Gasteiger partial charge is 0.330 e. The summed E-state index contributed by atoms with van der Waals surface area (Å²) in [7, 11) is 1.47. The van der Waals surface area contributed by atoms with Crippen molar-refractivity contribution in [3.63, 3.8) is 0 Å². The lowest BCUT2D eigenvalue weighted by Crippen LogP contribution is -2.42. The van der Waals surface area contributed by atoms with Crippen LogP contribution < -0.4 is 32.5 Å². The molecule has 0 aliphatic heterocycles. The van der Waals surface area contributed by atoms with E-state index in [1.54, 1.807) is 48.5 Å². The number of urea groups is 1. The van der Waals surface area contributed by atoms with Gasteiger partial charge in [-0.05, 0) is 17.7 Å². The number of hydrogen-bond acceptors (Lipinski definition) is 6. The van der Waals surface area contributed by atoms with Gasteiger partial charge in [-0.1, -0.05) is 48.5 Å². The first kappa shape index (κ1) is 25.2. The van der Waals surface area contributed by atoms with E-state index in [2.05, 4.69) is 15.6 Å². The number of para-hydroxylation sites is 1. The summed E-state index contributed by atoms with van der Waals surface area (Å²) in [5.41, 5.74) is 5.95. The van der Waals surface area contributed by atoms with E-state index >= 15 is 0 Å². The van der Waals surface area contributed by atoms with Crippen molar-refractivity contribution in [2.45, 2.75) is 19.5 Å². The molecular formula is C24H28N6O5. The van der Waals surface area contributed by atoms with Gasteiger partial charge in [0.15, 0.2) is 5.69 Å². The molecule has 1 aromatic heterocycles. The molecule has 2 aromatic carbocycles. The second kappa shape index (κ2) is 12.2. The highest BCUT2D eigenvalue weighted by molar-refractivity contribution is 5.96. The molecule has 0 fully saturated rings. The van der Waals surface area contributed by atoms with Crippen LogP contribution in [-0.2, 0) is 22.6 Å². The number of aromatic amines is 1. The van der Waals surface area contributed by atoms with Crippen LogP contribution in [0.4, 0.5) is 22.0 Å². The third-order valence-corrected chi connectivity index (χ3v) is 5.14. The van der Waals surface area contributed by atoms with Crippen molar-refractivity contribution in [2.24, 2.45) is 0 Å². The number of hydrogen-bond donors (Lipinski definition) is 4. The molecule has 11 nitrogen and oxygen atoms in total. The van der Waals surface area contributed by atoms with Crippen molar-refractivity contribution in [2.75, 3.05) is 36.2 Å². The molecular weight excluding hydrogens is 452 g/mol. The standard InChI is InChI=1S/C24H28N6O5/c1-35-15-14-29-21(25)20(22(32)28-24(29)34)30(16-17-8-4-2-5-9-17)19(31)12-13-26-23(33)27-18-10-6-3-7-11-18/h2-11H,12-16,25H2,1H3,(H2,26,27,33)(H,28,32,34). The van der Waals surface area contributed by atoms with Crippen LogP contribution in [0, 0.1) is 0 Å². The number of anilines is 3. The van der Waals surface area contributed by atoms with Crippen LogP contribution in [-0.4, -0.2) is 41.8 Å². The minimum atomic E-state index is -0.778. The third-order valence-electron chi connectivity index (χ3n) is 5.14. The molecule has 0 aliphatic rings. The third kappa shape index (κ3) is 6.81. The van der Waals surface area contributed by atoms with Crippen molar-refractivity contribution in [1.29, 1.82) is 0 Å². The summed E-state index contributed by atoms with van der Waals surface area (Å²) >= 11 is 0. The van der Waals surface area contributed by atoms with Gasteiger partial charge in [0.05, 0.1) is 19.7 Å². The Labute approximate surface area is 201 Å². The van der Waals surface area contributed by atoms with E-state index in [0.29, 0.717) is 5.69 Å². The molecule has 0 unspecified atom stereocenters. The van der Waals surface area contributed by atoms with Crippen LogP contribution in [0.15, 0.2) is 70.3 Å². The average molecular weight is 481 g/mol. The molecule has 0 aliphatic carbocycles. The fraction of sp³-hybridized carbons (Fsp3) is 0.250. The van der Waals surface area contributed by atoms with E-state index in [-0.39, 0.29) is 44.2 Å². The number of methoxy groups -OCH3 is 1. The van der Waals surface area contributed by atoms with E-state index < -0.39 is 23.2 Å². The summed E-state index contributed by atoms with van der Waals surface area (Å²) in [5.74, 6) is -0.599. The lowest BCUT2D eigenvalue weighted by atomic mass is 10.2. The van der Waals surface area contributed by atoms with Gasteiger partial charge in [-0.15, -0.1) is 0 Å². The fourth-order valence-electron chi connectivity index (χ4n) is 3.42. The number of H-pyrrole nitrogens is 1. The molecule has 3 amide bonds. The molecule has 5 N–H and O–H groups in total. The van der Waals surface area contributed by atoms with Crippen LogP contribution >= 0.6 is 0 Å². The summed E-state index contributed by atoms with van der Waals surface area (Å²) in [4.78, 5) is 53.9. The van der Waals surface area contributed by atoms with Crippen molar-refractivity contribution < 1.29 is 14.3 Å². The molecule has 11 heteroatoms. The minimum absolute atomic E-state index is 0.0178. The van der Waals surface area contributed by atoms with Gasteiger partial charge in [0.2, 0.25) is 5.91 Å². The van der Waals surface area contributed by atoms with Gasteiger partial charge in [-0.2, -0.15) is 0 Å². The number of aromatic nitrogens is 2. The normalized spacial score (nSPS) is 10.5. The number of rotatable bonds is 10. The summed E-state index contributed by atoms with van der Waals surface area (Å²) in [6.07, 6.45) is -0.106. The molecule has 0 spiro atoms. The zero-order valence-corrected chi connectivity index (χ0v) is 19.3. The van der Waals surface area contributed by atoms with Gasteiger partial charge < -0.3 is 26.0 Å². The molecule has 35 heavy (non-hydrogen) atoms. The molecule has 184 valence electrons. The number of nitrogens with two attached hydrogens (primary N) is 1. The number of carbonyl (C=O) groups is 2. The van der Waals surface area contributed by atoms with Crippen molar-refractivity contribution in [1.82, 2.24) is 14.9 Å². The number of nitrogens with zero attached hydrogens (tertiary/aromatic N) is 2. The number of nitrogens with one attached hydrogen (secondary N) is 3. The largest absolute Gasteiger partial charge is 0.383 e. The lowest BCUT2D eigenvalue weighted by molar-refractivity contribution is -0.118. The lowest BCUT2D eigenvalue weighted by Gasteiger charge is -2.25. The molecule has 0 bridgehead atoms. The summed E-state index contributed by atoms with van der Waals surface area (Å²) in [6, 6.07) is 17.5. The van der Waals surface area contributed by atoms with Gasteiger partial charge in [0.1, 0.15) is 5.82 Å². The molecule has 0 atom stereocenters. The van der Waals surface area contributed by atoms with Gasteiger partial charge in [-0.3, -0.25) is 19.1 Å². The second-order valence-electron chi connectivity index (χ2n) is 7.60. The second-order valence-corrected chi connectivity index (χ2v) is 7.60. The van der Waals surface area contributed by atoms with E-state index in [0.717, 1.165) is 10.1 Å². The van der Waals surface area contributed by atoms with Gasteiger partial charge in [0, 0.05) is 25.8 Å². The Balaban J connectivity index is 1.81. The maximum absolute atomic E-state index is 13.2. The van der Waals surface area contributed by atoms with E-state index in [1.165, 1.54) is 12.0 Å². The number of carbonyl (C=O) groups excluding carboxylic acids is 2. The molecule has 1 heterocycles. The molecule has 0 saturated heterocycles. The van der Waals surface area contributed by atoms with Crippen LogP contribution in [0.1, 0.15) is 12.0 Å². The Kier molecular flexibility index (Phi) is 8.79. The highest BCUT2D eigenvalue weighted by Gasteiger charge is 2.24. The number of nitrogen functional groups attached to an aromatic ring is 1. The van der Waals surface area contributed by atoms with Crippen molar-refractivity contribution in [3.05, 3.63) is 87.1 Å². The Bertz CT molecular complexity index is 1260. The molecule has 0 radical (unpaired) electrons. The summed E-state index contributed by atoms with van der Waals surface area (Å²) in [5, 5.41) is 5.29. The average Bonchev–Trinajstić information content (AvgIpc) is 2.84. The highest BCUT2D eigenvalue weighted by Crippen LogP contribution is 2.20. The maximum Gasteiger partial charge on any atom is 0.330 e. The zero-order chi connectivity index (χ0) is 25.2. The zero-order valence-electron chi connectivity index (χ0n) is 19.3. The van der Waals surface area contributed by atoms with Crippen molar-refractivity contribution >= 4 is 29.1 Å². The van der Waals surface area contributed by atoms with Crippen LogP contribution in [0.2, 0.25) is 0 Å². The summed E-state index contributed by atoms with van der Waals surface area (Å²) in [6.45, 7) is 0.345. The predicted octanol–water partition coefficient (Wildman–Crippen LogP) is 1.51. The van der Waals surface area contributed by atoms with Crippen LogP contribution in [0.5, 0.6) is 0 Å². The molecule has 0 saturated carbocycles. The van der Waals surface area contributed by atoms with Crippen LogP contribution in [0.3, 0.4) is 0 Å². The Hall–Kier alpha value is -4.38. The van der Waals surface area contributed by atoms with Gasteiger partial charge >= 0.3 is 11.7 Å². The van der Waals surface area contributed by atoms with E-state index in [4.69, 9.17) is 10.5 Å². The summed E-state index contributed by atoms with van der Waals surface area (Å²) < 4.78 is 6.16. The first-order valence-electron chi connectivity index (χ1n) is 11.0. The topological polar surface area (TPSA) is 152 Å².